The summed E-state index contributed by atoms with van der Waals surface area (Å²) in [6, 6.07) is 13.3. The van der Waals surface area contributed by atoms with Gasteiger partial charge < -0.3 is 10.1 Å². The van der Waals surface area contributed by atoms with Gasteiger partial charge in [0.05, 0.1) is 19.3 Å². The minimum atomic E-state index is -0.174. The zero-order chi connectivity index (χ0) is 19.4. The molecule has 0 spiro atoms. The Balaban J connectivity index is 1.76. The van der Waals surface area contributed by atoms with E-state index in [1.807, 2.05) is 42.5 Å². The third-order valence-electron chi connectivity index (χ3n) is 4.34. The van der Waals surface area contributed by atoms with Crippen LogP contribution >= 0.6 is 0 Å². The number of carbonyl (C=O) groups excluding carboxylic acids is 1. The Morgan fingerprint density at radius 2 is 1.89 bits per heavy atom. The minimum absolute atomic E-state index is 0.0191. The van der Waals surface area contributed by atoms with Crippen LogP contribution < -0.4 is 10.1 Å². The standard InChI is InChI=1S/C21H24N4O2/c1-21(2,3)17-9-10-19(27-4)18(11-17)24-20(26)16-7-5-15(6-8-16)12-25-14-22-13-23-25/h5-11,13-14H,12H2,1-4H3,(H,24,26). The normalized spacial score (nSPS) is 11.3. The molecule has 1 N–H and O–H groups in total. The second-order valence-corrected chi connectivity index (χ2v) is 7.41. The molecule has 3 aromatic rings. The number of hydrogen-bond donors (Lipinski definition) is 1. The fraction of sp³-hybridized carbons (Fsp3) is 0.286. The minimum Gasteiger partial charge on any atom is -0.495 e. The maximum absolute atomic E-state index is 12.7. The molecule has 0 bridgehead atoms. The van der Waals surface area contributed by atoms with Crippen molar-refractivity contribution in [2.75, 3.05) is 12.4 Å². The molecule has 0 aliphatic heterocycles. The van der Waals surface area contributed by atoms with Crippen LogP contribution in [0.3, 0.4) is 0 Å². The summed E-state index contributed by atoms with van der Waals surface area (Å²) >= 11 is 0. The van der Waals surface area contributed by atoms with Crippen molar-refractivity contribution >= 4 is 11.6 Å². The van der Waals surface area contributed by atoms with Crippen LogP contribution in [0.1, 0.15) is 42.3 Å². The van der Waals surface area contributed by atoms with Gasteiger partial charge in [-0.05, 0) is 40.8 Å². The van der Waals surface area contributed by atoms with Gasteiger partial charge in [-0.1, -0.05) is 39.0 Å². The maximum Gasteiger partial charge on any atom is 0.255 e. The number of benzene rings is 2. The first-order valence-corrected chi connectivity index (χ1v) is 8.78. The van der Waals surface area contributed by atoms with Crippen molar-refractivity contribution in [3.05, 3.63) is 71.8 Å². The molecule has 0 aliphatic carbocycles. The molecule has 1 heterocycles. The van der Waals surface area contributed by atoms with Crippen LogP contribution in [0.25, 0.3) is 0 Å². The van der Waals surface area contributed by atoms with Crippen LogP contribution in [-0.4, -0.2) is 27.8 Å². The third kappa shape index (κ3) is 4.53. The molecule has 3 rings (SSSR count). The van der Waals surface area contributed by atoms with Crippen molar-refractivity contribution in [3.8, 4) is 5.75 Å². The highest BCUT2D eigenvalue weighted by molar-refractivity contribution is 6.05. The number of hydrogen-bond acceptors (Lipinski definition) is 4. The number of nitrogens with zero attached hydrogens (tertiary/aromatic N) is 3. The zero-order valence-corrected chi connectivity index (χ0v) is 16.1. The molecule has 27 heavy (non-hydrogen) atoms. The Morgan fingerprint density at radius 3 is 2.48 bits per heavy atom. The third-order valence-corrected chi connectivity index (χ3v) is 4.34. The van der Waals surface area contributed by atoms with Crippen molar-refractivity contribution in [3.63, 3.8) is 0 Å². The second-order valence-electron chi connectivity index (χ2n) is 7.41. The lowest BCUT2D eigenvalue weighted by atomic mass is 9.87. The van der Waals surface area contributed by atoms with Gasteiger partial charge in [0.25, 0.3) is 5.91 Å². The van der Waals surface area contributed by atoms with Crippen molar-refractivity contribution in [1.29, 1.82) is 0 Å². The molecule has 0 saturated carbocycles. The Bertz CT molecular complexity index is 910. The fourth-order valence-corrected chi connectivity index (χ4v) is 2.73. The van der Waals surface area contributed by atoms with E-state index in [4.69, 9.17) is 4.74 Å². The molecule has 1 amide bonds. The number of rotatable bonds is 5. The number of nitrogens with one attached hydrogen (secondary N) is 1. The molecule has 140 valence electrons. The van der Waals surface area contributed by atoms with E-state index in [9.17, 15) is 4.79 Å². The van der Waals surface area contributed by atoms with Gasteiger partial charge in [0.15, 0.2) is 0 Å². The van der Waals surface area contributed by atoms with E-state index in [1.165, 1.54) is 6.33 Å². The summed E-state index contributed by atoms with van der Waals surface area (Å²) in [4.78, 5) is 16.6. The quantitative estimate of drug-likeness (QED) is 0.746. The van der Waals surface area contributed by atoms with Gasteiger partial charge in [0.1, 0.15) is 18.4 Å². The molecular weight excluding hydrogens is 340 g/mol. The summed E-state index contributed by atoms with van der Waals surface area (Å²) in [7, 11) is 1.60. The van der Waals surface area contributed by atoms with Gasteiger partial charge in [0.2, 0.25) is 0 Å². The van der Waals surface area contributed by atoms with E-state index in [2.05, 4.69) is 36.2 Å². The average Bonchev–Trinajstić information content (AvgIpc) is 3.14. The van der Waals surface area contributed by atoms with E-state index in [-0.39, 0.29) is 11.3 Å². The number of methoxy groups -OCH3 is 1. The van der Waals surface area contributed by atoms with Gasteiger partial charge in [-0.2, -0.15) is 5.10 Å². The first-order chi connectivity index (χ1) is 12.9. The Morgan fingerprint density at radius 1 is 1.15 bits per heavy atom. The smallest absolute Gasteiger partial charge is 0.255 e. The topological polar surface area (TPSA) is 69.0 Å². The summed E-state index contributed by atoms with van der Waals surface area (Å²) in [5, 5.41) is 7.05. The molecule has 6 heteroatoms. The van der Waals surface area contributed by atoms with E-state index in [0.29, 0.717) is 23.5 Å². The number of aromatic nitrogens is 3. The van der Waals surface area contributed by atoms with Crippen LogP contribution in [0.5, 0.6) is 5.75 Å². The second kappa shape index (κ2) is 7.61. The summed E-state index contributed by atoms with van der Waals surface area (Å²) in [5.74, 6) is 0.464. The van der Waals surface area contributed by atoms with Crippen molar-refractivity contribution < 1.29 is 9.53 Å². The van der Waals surface area contributed by atoms with Crippen LogP contribution in [0, 0.1) is 0 Å². The molecule has 0 unspecified atom stereocenters. The molecule has 2 aromatic carbocycles. The van der Waals surface area contributed by atoms with Crippen molar-refractivity contribution in [2.24, 2.45) is 0 Å². The lowest BCUT2D eigenvalue weighted by Gasteiger charge is -2.21. The SMILES string of the molecule is COc1ccc(C(C)(C)C)cc1NC(=O)c1ccc(Cn2cncn2)cc1. The molecule has 0 atom stereocenters. The molecule has 0 aliphatic rings. The Kier molecular flexibility index (Phi) is 5.26. The number of amides is 1. The highest BCUT2D eigenvalue weighted by Crippen LogP contribution is 2.31. The lowest BCUT2D eigenvalue weighted by Crippen LogP contribution is -2.15. The zero-order valence-electron chi connectivity index (χ0n) is 16.1. The van der Waals surface area contributed by atoms with Gasteiger partial charge in [0, 0.05) is 5.56 Å². The fourth-order valence-electron chi connectivity index (χ4n) is 2.73. The summed E-state index contributed by atoms with van der Waals surface area (Å²) < 4.78 is 7.13. The first-order valence-electron chi connectivity index (χ1n) is 8.78. The highest BCUT2D eigenvalue weighted by Gasteiger charge is 2.17. The van der Waals surface area contributed by atoms with E-state index in [0.717, 1.165) is 11.1 Å². The van der Waals surface area contributed by atoms with Gasteiger partial charge in [-0.3, -0.25) is 4.79 Å². The number of carbonyl (C=O) groups is 1. The first kappa shape index (κ1) is 18.6. The molecule has 0 fully saturated rings. The Labute approximate surface area is 159 Å². The van der Waals surface area contributed by atoms with Crippen molar-refractivity contribution in [1.82, 2.24) is 14.8 Å². The van der Waals surface area contributed by atoms with E-state index >= 15 is 0 Å². The van der Waals surface area contributed by atoms with Crippen LogP contribution in [0.15, 0.2) is 55.1 Å². The number of ether oxygens (including phenoxy) is 1. The van der Waals surface area contributed by atoms with Crippen molar-refractivity contribution in [2.45, 2.75) is 32.7 Å². The largest absolute Gasteiger partial charge is 0.495 e. The molecule has 0 radical (unpaired) electrons. The molecular formula is C21H24N4O2. The van der Waals surface area contributed by atoms with Gasteiger partial charge in [-0.25, -0.2) is 9.67 Å². The van der Waals surface area contributed by atoms with Gasteiger partial charge >= 0.3 is 0 Å². The Hall–Kier alpha value is -3.15. The van der Waals surface area contributed by atoms with Crippen LogP contribution in [-0.2, 0) is 12.0 Å². The monoisotopic (exact) mass is 364 g/mol. The summed E-state index contributed by atoms with van der Waals surface area (Å²) in [6.07, 6.45) is 3.16. The maximum atomic E-state index is 12.7. The van der Waals surface area contributed by atoms with Gasteiger partial charge in [-0.15, -0.1) is 0 Å². The summed E-state index contributed by atoms with van der Waals surface area (Å²) in [5.41, 5.74) is 3.41. The van der Waals surface area contributed by atoms with Crippen LogP contribution in [0.2, 0.25) is 0 Å². The van der Waals surface area contributed by atoms with E-state index < -0.39 is 0 Å². The predicted octanol–water partition coefficient (Wildman–Crippen LogP) is 3.88. The summed E-state index contributed by atoms with van der Waals surface area (Å²) in [6.45, 7) is 7.01. The molecule has 6 nitrogen and oxygen atoms in total. The van der Waals surface area contributed by atoms with Crippen LogP contribution in [0.4, 0.5) is 5.69 Å². The number of anilines is 1. The predicted molar refractivity (Wildman–Crippen MR) is 105 cm³/mol. The highest BCUT2D eigenvalue weighted by atomic mass is 16.5. The molecule has 0 saturated heterocycles. The molecule has 1 aromatic heterocycles. The van der Waals surface area contributed by atoms with E-state index in [1.54, 1.807) is 18.1 Å². The average molecular weight is 364 g/mol. The lowest BCUT2D eigenvalue weighted by molar-refractivity contribution is 0.102.